The molecule has 0 aliphatic heterocycles. The SMILES string of the molecule is CC(=O)O[C@H](C)c1ccc(CO)cc1. The van der Waals surface area contributed by atoms with Crippen molar-refractivity contribution in [3.05, 3.63) is 35.4 Å². The molecule has 3 heteroatoms. The van der Waals surface area contributed by atoms with Gasteiger partial charge in [0.15, 0.2) is 0 Å². The summed E-state index contributed by atoms with van der Waals surface area (Å²) in [7, 11) is 0. The summed E-state index contributed by atoms with van der Waals surface area (Å²) in [6, 6.07) is 7.32. The Bertz CT molecular complexity index is 303. The summed E-state index contributed by atoms with van der Waals surface area (Å²) in [5.41, 5.74) is 1.78. The second-order valence-corrected chi connectivity index (χ2v) is 3.15. The maximum Gasteiger partial charge on any atom is 0.303 e. The van der Waals surface area contributed by atoms with Crippen molar-refractivity contribution in [3.8, 4) is 0 Å². The van der Waals surface area contributed by atoms with Crippen LogP contribution in [0.4, 0.5) is 0 Å². The molecular weight excluding hydrogens is 180 g/mol. The van der Waals surface area contributed by atoms with Crippen molar-refractivity contribution in [1.29, 1.82) is 0 Å². The minimum absolute atomic E-state index is 0.0300. The number of esters is 1. The summed E-state index contributed by atoms with van der Waals surface area (Å²) in [6.07, 6.45) is -0.236. The molecule has 0 aliphatic carbocycles. The largest absolute Gasteiger partial charge is 0.458 e. The van der Waals surface area contributed by atoms with Crippen LogP contribution in [0.3, 0.4) is 0 Å². The monoisotopic (exact) mass is 194 g/mol. The number of ether oxygens (including phenoxy) is 1. The summed E-state index contributed by atoms with van der Waals surface area (Å²) in [5.74, 6) is -0.288. The summed E-state index contributed by atoms with van der Waals surface area (Å²) < 4.78 is 5.01. The molecule has 1 N–H and O–H groups in total. The standard InChI is InChI=1S/C11H14O3/c1-8(14-9(2)13)11-5-3-10(7-12)4-6-11/h3-6,8,12H,7H2,1-2H3/t8-/m1/s1. The third-order valence-corrected chi connectivity index (χ3v) is 1.97. The first-order valence-electron chi connectivity index (χ1n) is 4.50. The van der Waals surface area contributed by atoms with E-state index in [1.807, 2.05) is 31.2 Å². The van der Waals surface area contributed by atoms with Crippen LogP contribution in [0.1, 0.15) is 31.1 Å². The first-order chi connectivity index (χ1) is 6.63. The van der Waals surface area contributed by atoms with Crippen molar-refractivity contribution in [2.75, 3.05) is 0 Å². The smallest absolute Gasteiger partial charge is 0.303 e. The Balaban J connectivity index is 2.71. The van der Waals surface area contributed by atoms with Crippen LogP contribution in [0, 0.1) is 0 Å². The van der Waals surface area contributed by atoms with Gasteiger partial charge in [0.2, 0.25) is 0 Å². The zero-order valence-electron chi connectivity index (χ0n) is 8.36. The Labute approximate surface area is 83.3 Å². The number of carbonyl (C=O) groups excluding carboxylic acids is 1. The molecular formula is C11H14O3. The lowest BCUT2D eigenvalue weighted by Gasteiger charge is -2.12. The van der Waals surface area contributed by atoms with Crippen LogP contribution in [0.25, 0.3) is 0 Å². The van der Waals surface area contributed by atoms with Gasteiger partial charge in [0.25, 0.3) is 0 Å². The zero-order valence-corrected chi connectivity index (χ0v) is 8.36. The van der Waals surface area contributed by atoms with Crippen LogP contribution in [0.5, 0.6) is 0 Å². The van der Waals surface area contributed by atoms with Gasteiger partial charge >= 0.3 is 5.97 Å². The quantitative estimate of drug-likeness (QED) is 0.746. The van der Waals surface area contributed by atoms with Crippen LogP contribution < -0.4 is 0 Å². The highest BCUT2D eigenvalue weighted by Gasteiger charge is 2.07. The van der Waals surface area contributed by atoms with Gasteiger partial charge < -0.3 is 9.84 Å². The average molecular weight is 194 g/mol. The second kappa shape index (κ2) is 4.77. The van der Waals surface area contributed by atoms with Gasteiger partial charge in [-0.3, -0.25) is 4.79 Å². The Kier molecular flexibility index (Phi) is 3.65. The number of benzene rings is 1. The van der Waals surface area contributed by atoms with Crippen molar-refractivity contribution >= 4 is 5.97 Å². The zero-order chi connectivity index (χ0) is 10.6. The van der Waals surface area contributed by atoms with Crippen LogP contribution in [-0.4, -0.2) is 11.1 Å². The lowest BCUT2D eigenvalue weighted by molar-refractivity contribution is -0.145. The molecule has 14 heavy (non-hydrogen) atoms. The van der Waals surface area contributed by atoms with Crippen LogP contribution in [0.15, 0.2) is 24.3 Å². The van der Waals surface area contributed by atoms with E-state index >= 15 is 0 Å². The van der Waals surface area contributed by atoms with Gasteiger partial charge in [-0.15, -0.1) is 0 Å². The van der Waals surface area contributed by atoms with Crippen molar-refractivity contribution in [3.63, 3.8) is 0 Å². The summed E-state index contributed by atoms with van der Waals surface area (Å²) in [6.45, 7) is 3.23. The molecule has 0 saturated heterocycles. The molecule has 0 unspecified atom stereocenters. The highest BCUT2D eigenvalue weighted by molar-refractivity contribution is 5.66. The van der Waals surface area contributed by atoms with Gasteiger partial charge in [0.05, 0.1) is 6.61 Å². The molecule has 0 radical (unpaired) electrons. The maximum atomic E-state index is 10.7. The van der Waals surface area contributed by atoms with Gasteiger partial charge in [-0.25, -0.2) is 0 Å². The van der Waals surface area contributed by atoms with E-state index in [1.54, 1.807) is 0 Å². The summed E-state index contributed by atoms with van der Waals surface area (Å²) in [4.78, 5) is 10.7. The summed E-state index contributed by atoms with van der Waals surface area (Å²) >= 11 is 0. The molecule has 0 saturated carbocycles. The van der Waals surface area contributed by atoms with Crippen molar-refractivity contribution in [2.24, 2.45) is 0 Å². The molecule has 0 fully saturated rings. The number of carbonyl (C=O) groups is 1. The normalized spacial score (nSPS) is 12.2. The molecule has 1 aromatic carbocycles. The van der Waals surface area contributed by atoms with E-state index in [2.05, 4.69) is 0 Å². The van der Waals surface area contributed by atoms with Gasteiger partial charge in [0, 0.05) is 6.92 Å². The predicted octanol–water partition coefficient (Wildman–Crippen LogP) is 1.80. The van der Waals surface area contributed by atoms with E-state index in [-0.39, 0.29) is 18.7 Å². The van der Waals surface area contributed by atoms with Crippen molar-refractivity contribution in [1.82, 2.24) is 0 Å². The number of aliphatic hydroxyl groups is 1. The number of hydrogen-bond donors (Lipinski definition) is 1. The van der Waals surface area contributed by atoms with Gasteiger partial charge in [-0.2, -0.15) is 0 Å². The van der Waals surface area contributed by atoms with E-state index in [0.29, 0.717) is 0 Å². The Morgan fingerprint density at radius 2 is 2.00 bits per heavy atom. The fraction of sp³-hybridized carbons (Fsp3) is 0.364. The lowest BCUT2D eigenvalue weighted by Crippen LogP contribution is -2.04. The van der Waals surface area contributed by atoms with Gasteiger partial charge in [-0.05, 0) is 18.1 Å². The Hall–Kier alpha value is -1.35. The first kappa shape index (κ1) is 10.7. The van der Waals surface area contributed by atoms with Gasteiger partial charge in [0.1, 0.15) is 6.10 Å². The lowest BCUT2D eigenvalue weighted by atomic mass is 10.1. The molecule has 0 amide bonds. The van der Waals surface area contributed by atoms with Gasteiger partial charge in [-0.1, -0.05) is 24.3 Å². The van der Waals surface area contributed by atoms with Crippen molar-refractivity contribution < 1.29 is 14.6 Å². The fourth-order valence-electron chi connectivity index (χ4n) is 1.21. The minimum atomic E-state index is -0.288. The minimum Gasteiger partial charge on any atom is -0.458 e. The van der Waals surface area contributed by atoms with E-state index in [1.165, 1.54) is 6.92 Å². The third-order valence-electron chi connectivity index (χ3n) is 1.97. The highest BCUT2D eigenvalue weighted by Crippen LogP contribution is 2.17. The Morgan fingerprint density at radius 1 is 1.43 bits per heavy atom. The third kappa shape index (κ3) is 2.85. The molecule has 0 heterocycles. The first-order valence-corrected chi connectivity index (χ1v) is 4.50. The van der Waals surface area contributed by atoms with E-state index < -0.39 is 0 Å². The van der Waals surface area contributed by atoms with Crippen molar-refractivity contribution in [2.45, 2.75) is 26.6 Å². The molecule has 0 bridgehead atoms. The number of aliphatic hydroxyl groups excluding tert-OH is 1. The van der Waals surface area contributed by atoms with Crippen LogP contribution in [-0.2, 0) is 16.1 Å². The van der Waals surface area contributed by atoms with E-state index in [4.69, 9.17) is 9.84 Å². The second-order valence-electron chi connectivity index (χ2n) is 3.15. The predicted molar refractivity (Wildman–Crippen MR) is 52.5 cm³/mol. The molecule has 1 aromatic rings. The molecule has 1 atom stereocenters. The highest BCUT2D eigenvalue weighted by atomic mass is 16.5. The van der Waals surface area contributed by atoms with Crippen LogP contribution in [0.2, 0.25) is 0 Å². The molecule has 0 aliphatic rings. The molecule has 3 nitrogen and oxygen atoms in total. The molecule has 0 aromatic heterocycles. The van der Waals surface area contributed by atoms with E-state index in [9.17, 15) is 4.79 Å². The fourth-order valence-corrected chi connectivity index (χ4v) is 1.21. The molecule has 76 valence electrons. The number of rotatable bonds is 3. The average Bonchev–Trinajstić information content (AvgIpc) is 2.17. The summed E-state index contributed by atoms with van der Waals surface area (Å²) in [5, 5.41) is 8.83. The Morgan fingerprint density at radius 3 is 2.43 bits per heavy atom. The molecule has 0 spiro atoms. The van der Waals surface area contributed by atoms with E-state index in [0.717, 1.165) is 11.1 Å². The van der Waals surface area contributed by atoms with Crippen LogP contribution >= 0.6 is 0 Å². The maximum absolute atomic E-state index is 10.7. The number of hydrogen-bond acceptors (Lipinski definition) is 3. The topological polar surface area (TPSA) is 46.5 Å². The molecule has 1 rings (SSSR count).